The number of carbonyl (C=O) groups excluding carboxylic acids is 2. The van der Waals surface area contributed by atoms with Crippen LogP contribution in [0.4, 0.5) is 5.69 Å². The molecule has 1 aliphatic rings. The first-order chi connectivity index (χ1) is 13.8. The summed E-state index contributed by atoms with van der Waals surface area (Å²) in [4.78, 5) is 27.1. The number of rotatable bonds is 3. The maximum Gasteiger partial charge on any atom is 0.253 e. The van der Waals surface area contributed by atoms with E-state index < -0.39 is 0 Å². The van der Waals surface area contributed by atoms with E-state index in [0.717, 1.165) is 0 Å². The topological polar surface area (TPSA) is 73.2 Å². The average Bonchev–Trinajstić information content (AvgIpc) is 2.73. The lowest BCUT2D eigenvalue weighted by Crippen LogP contribution is -2.41. The van der Waals surface area contributed by atoms with E-state index >= 15 is 0 Å². The van der Waals surface area contributed by atoms with Crippen molar-refractivity contribution < 1.29 is 9.59 Å². The van der Waals surface area contributed by atoms with Crippen LogP contribution in [0.5, 0.6) is 0 Å². The van der Waals surface area contributed by atoms with Gasteiger partial charge in [0.15, 0.2) is 0 Å². The summed E-state index contributed by atoms with van der Waals surface area (Å²) >= 11 is 0. The Balaban J connectivity index is 1.54. The van der Waals surface area contributed by atoms with E-state index in [4.69, 9.17) is 5.26 Å². The quantitative estimate of drug-likeness (QED) is 0.848. The van der Waals surface area contributed by atoms with Crippen LogP contribution >= 0.6 is 0 Å². The van der Waals surface area contributed by atoms with Gasteiger partial charge in [-0.15, -0.1) is 0 Å². The normalized spacial score (nSPS) is 14.9. The molecule has 150 valence electrons. The SMILES string of the molecule is CC(C)(C)c1ccc(C(=O)N2CCC(C(=O)Nc3ccc(C#N)cc3)CC2)cc1. The van der Waals surface area contributed by atoms with Gasteiger partial charge in [-0.1, -0.05) is 32.9 Å². The van der Waals surface area contributed by atoms with Crippen LogP contribution in [-0.2, 0) is 10.2 Å². The number of nitrogens with one attached hydrogen (secondary N) is 1. The number of hydrogen-bond donors (Lipinski definition) is 1. The van der Waals surface area contributed by atoms with Crippen molar-refractivity contribution in [2.24, 2.45) is 5.92 Å². The zero-order valence-corrected chi connectivity index (χ0v) is 17.2. The van der Waals surface area contributed by atoms with Gasteiger partial charge in [0.05, 0.1) is 11.6 Å². The van der Waals surface area contributed by atoms with E-state index in [-0.39, 0.29) is 23.1 Å². The van der Waals surface area contributed by atoms with Crippen LogP contribution in [0.25, 0.3) is 0 Å². The molecule has 29 heavy (non-hydrogen) atoms. The van der Waals surface area contributed by atoms with E-state index in [1.54, 1.807) is 24.3 Å². The summed E-state index contributed by atoms with van der Waals surface area (Å²) in [6, 6.07) is 16.7. The molecule has 0 atom stereocenters. The highest BCUT2D eigenvalue weighted by molar-refractivity contribution is 5.95. The van der Waals surface area contributed by atoms with E-state index in [2.05, 4.69) is 32.2 Å². The Hall–Kier alpha value is -3.13. The number of nitriles is 1. The lowest BCUT2D eigenvalue weighted by molar-refractivity contribution is -0.121. The summed E-state index contributed by atoms with van der Waals surface area (Å²) in [5.74, 6) is -0.120. The molecule has 1 heterocycles. The molecule has 1 saturated heterocycles. The number of carbonyl (C=O) groups is 2. The predicted octanol–water partition coefficient (Wildman–Crippen LogP) is 4.35. The van der Waals surface area contributed by atoms with Gasteiger partial charge in [0.25, 0.3) is 5.91 Å². The van der Waals surface area contributed by atoms with Crippen molar-refractivity contribution in [3.63, 3.8) is 0 Å². The van der Waals surface area contributed by atoms with Crippen LogP contribution in [0.3, 0.4) is 0 Å². The molecule has 1 N–H and O–H groups in total. The van der Waals surface area contributed by atoms with Gasteiger partial charge in [0, 0.05) is 30.3 Å². The summed E-state index contributed by atoms with van der Waals surface area (Å²) in [5.41, 5.74) is 3.20. The van der Waals surface area contributed by atoms with Gasteiger partial charge in [-0.25, -0.2) is 0 Å². The molecule has 0 spiro atoms. The number of hydrogen-bond acceptors (Lipinski definition) is 3. The summed E-state index contributed by atoms with van der Waals surface area (Å²) in [6.07, 6.45) is 1.29. The molecule has 2 amide bonds. The van der Waals surface area contributed by atoms with Crippen LogP contribution < -0.4 is 5.32 Å². The molecule has 0 aromatic heterocycles. The molecular formula is C24H27N3O2. The second kappa shape index (κ2) is 8.48. The van der Waals surface area contributed by atoms with E-state index in [0.29, 0.717) is 42.7 Å². The Morgan fingerprint density at radius 1 is 1.00 bits per heavy atom. The minimum atomic E-state index is -0.113. The summed E-state index contributed by atoms with van der Waals surface area (Å²) in [6.45, 7) is 7.60. The van der Waals surface area contributed by atoms with Crippen molar-refractivity contribution in [1.29, 1.82) is 5.26 Å². The molecule has 5 heteroatoms. The van der Waals surface area contributed by atoms with Crippen LogP contribution in [-0.4, -0.2) is 29.8 Å². The van der Waals surface area contributed by atoms with E-state index in [1.807, 2.05) is 29.2 Å². The molecular weight excluding hydrogens is 362 g/mol. The third kappa shape index (κ3) is 5.03. The molecule has 0 aliphatic carbocycles. The zero-order valence-electron chi connectivity index (χ0n) is 17.2. The molecule has 2 aromatic rings. The van der Waals surface area contributed by atoms with Crippen molar-refractivity contribution in [3.05, 3.63) is 65.2 Å². The van der Waals surface area contributed by atoms with Gasteiger partial charge in [0.1, 0.15) is 0 Å². The molecule has 3 rings (SSSR count). The molecule has 0 radical (unpaired) electrons. The maximum absolute atomic E-state index is 12.8. The first-order valence-electron chi connectivity index (χ1n) is 9.99. The average molecular weight is 389 g/mol. The van der Waals surface area contributed by atoms with Gasteiger partial charge in [0.2, 0.25) is 5.91 Å². The third-order valence-electron chi connectivity index (χ3n) is 5.43. The number of amides is 2. The van der Waals surface area contributed by atoms with Crippen molar-refractivity contribution in [3.8, 4) is 6.07 Å². The van der Waals surface area contributed by atoms with Gasteiger partial charge in [-0.3, -0.25) is 9.59 Å². The second-order valence-corrected chi connectivity index (χ2v) is 8.57. The second-order valence-electron chi connectivity index (χ2n) is 8.57. The molecule has 1 aliphatic heterocycles. The van der Waals surface area contributed by atoms with Gasteiger partial charge in [-0.2, -0.15) is 5.26 Å². The Morgan fingerprint density at radius 3 is 2.10 bits per heavy atom. The number of anilines is 1. The van der Waals surface area contributed by atoms with E-state index in [9.17, 15) is 9.59 Å². The first-order valence-corrected chi connectivity index (χ1v) is 9.99. The van der Waals surface area contributed by atoms with Gasteiger partial charge >= 0.3 is 0 Å². The molecule has 2 aromatic carbocycles. The zero-order chi connectivity index (χ0) is 21.0. The highest BCUT2D eigenvalue weighted by atomic mass is 16.2. The fourth-order valence-corrected chi connectivity index (χ4v) is 3.51. The molecule has 0 bridgehead atoms. The highest BCUT2D eigenvalue weighted by Gasteiger charge is 2.28. The number of likely N-dealkylation sites (tertiary alicyclic amines) is 1. The summed E-state index contributed by atoms with van der Waals surface area (Å²) in [5, 5.41) is 11.8. The first kappa shape index (κ1) is 20.6. The number of nitrogens with zero attached hydrogens (tertiary/aromatic N) is 2. The molecule has 5 nitrogen and oxygen atoms in total. The predicted molar refractivity (Wildman–Crippen MR) is 114 cm³/mol. The Kier molecular flexibility index (Phi) is 6.03. The highest BCUT2D eigenvalue weighted by Crippen LogP contribution is 2.24. The Bertz CT molecular complexity index is 911. The summed E-state index contributed by atoms with van der Waals surface area (Å²) in [7, 11) is 0. The van der Waals surface area contributed by atoms with Crippen molar-refractivity contribution in [1.82, 2.24) is 4.90 Å². The van der Waals surface area contributed by atoms with Crippen LogP contribution in [0.2, 0.25) is 0 Å². The monoisotopic (exact) mass is 389 g/mol. The lowest BCUT2D eigenvalue weighted by atomic mass is 9.86. The van der Waals surface area contributed by atoms with Crippen molar-refractivity contribution in [2.75, 3.05) is 18.4 Å². The molecule has 1 fully saturated rings. The Morgan fingerprint density at radius 2 is 1.59 bits per heavy atom. The molecule has 0 saturated carbocycles. The molecule has 0 unspecified atom stereocenters. The van der Waals surface area contributed by atoms with Crippen LogP contribution in [0.1, 0.15) is 55.1 Å². The standard InChI is InChI=1S/C24H27N3O2/c1-24(2,3)20-8-6-19(7-9-20)23(29)27-14-12-18(13-15-27)22(28)26-21-10-4-17(16-25)5-11-21/h4-11,18H,12-15H2,1-3H3,(H,26,28). The maximum atomic E-state index is 12.8. The summed E-state index contributed by atoms with van der Waals surface area (Å²) < 4.78 is 0. The third-order valence-corrected chi connectivity index (χ3v) is 5.43. The van der Waals surface area contributed by atoms with Crippen LogP contribution in [0.15, 0.2) is 48.5 Å². The minimum Gasteiger partial charge on any atom is -0.339 e. The number of piperidine rings is 1. The Labute approximate surface area is 172 Å². The van der Waals surface area contributed by atoms with Gasteiger partial charge in [-0.05, 0) is 60.2 Å². The minimum absolute atomic E-state index is 0.0245. The fourth-order valence-electron chi connectivity index (χ4n) is 3.51. The van der Waals surface area contributed by atoms with Crippen molar-refractivity contribution in [2.45, 2.75) is 39.0 Å². The lowest BCUT2D eigenvalue weighted by Gasteiger charge is -2.31. The largest absolute Gasteiger partial charge is 0.339 e. The smallest absolute Gasteiger partial charge is 0.253 e. The van der Waals surface area contributed by atoms with Crippen LogP contribution in [0, 0.1) is 17.2 Å². The van der Waals surface area contributed by atoms with Crippen molar-refractivity contribution >= 4 is 17.5 Å². The van der Waals surface area contributed by atoms with E-state index in [1.165, 1.54) is 5.56 Å². The van der Waals surface area contributed by atoms with Gasteiger partial charge < -0.3 is 10.2 Å². The fraction of sp³-hybridized carbons (Fsp3) is 0.375. The number of benzene rings is 2.